The number of fused-ring (bicyclic) bond motifs is 1. The van der Waals surface area contributed by atoms with Crippen LogP contribution in [0.15, 0.2) is 90.0 Å². The van der Waals surface area contributed by atoms with Gasteiger partial charge in [0.2, 0.25) is 5.88 Å². The van der Waals surface area contributed by atoms with Crippen LogP contribution in [-0.2, 0) is 16.0 Å². The van der Waals surface area contributed by atoms with Crippen molar-refractivity contribution in [2.75, 3.05) is 0 Å². The number of para-hydroxylation sites is 3. The Labute approximate surface area is 251 Å². The van der Waals surface area contributed by atoms with Gasteiger partial charge in [-0.25, -0.2) is 4.79 Å². The standard InChI is InChI=1S/C32H26N4O4S2/c1-19-10-6-9-15-27(19)40-30-24(20(2)34-36(30)22-11-4-3-5-12-22)17-28-29(37)35(32(41)42-28)26(31(38)39)16-21-18-33-25-14-8-7-13-23(21)25/h3-15,17-18,26,33H,16H2,1-2H3,(H,38,39)/b28-17-/t26-/m0/s1. The van der Waals surface area contributed by atoms with Gasteiger partial charge in [-0.2, -0.15) is 9.78 Å². The Balaban J connectivity index is 1.38. The van der Waals surface area contributed by atoms with Crippen molar-refractivity contribution < 1.29 is 19.4 Å². The van der Waals surface area contributed by atoms with Gasteiger partial charge < -0.3 is 14.8 Å². The van der Waals surface area contributed by atoms with Crippen molar-refractivity contribution in [2.45, 2.75) is 26.3 Å². The number of thioether (sulfide) groups is 1. The number of nitrogens with zero attached hydrogens (tertiary/aromatic N) is 3. The molecule has 6 rings (SSSR count). The number of amides is 1. The quantitative estimate of drug-likeness (QED) is 0.153. The van der Waals surface area contributed by atoms with E-state index in [0.29, 0.717) is 27.8 Å². The molecule has 0 bridgehead atoms. The van der Waals surface area contributed by atoms with Crippen LogP contribution in [0.2, 0.25) is 0 Å². The number of hydrogen-bond acceptors (Lipinski definition) is 6. The Morgan fingerprint density at radius 1 is 1.07 bits per heavy atom. The maximum Gasteiger partial charge on any atom is 0.327 e. The molecule has 0 saturated carbocycles. The van der Waals surface area contributed by atoms with Gasteiger partial charge in [0.25, 0.3) is 5.91 Å². The Morgan fingerprint density at radius 3 is 2.55 bits per heavy atom. The normalized spacial score (nSPS) is 15.1. The van der Waals surface area contributed by atoms with E-state index in [1.165, 1.54) is 4.90 Å². The first-order valence-corrected chi connectivity index (χ1v) is 14.5. The average Bonchev–Trinajstić information content (AvgIpc) is 3.62. The first-order chi connectivity index (χ1) is 20.3. The van der Waals surface area contributed by atoms with Crippen molar-refractivity contribution in [3.8, 4) is 17.3 Å². The number of aromatic nitrogens is 3. The second kappa shape index (κ2) is 11.3. The molecule has 5 aromatic rings. The number of nitrogens with one attached hydrogen (secondary N) is 1. The van der Waals surface area contributed by atoms with Crippen molar-refractivity contribution in [3.05, 3.63) is 112 Å². The maximum absolute atomic E-state index is 13.8. The Kier molecular flexibility index (Phi) is 7.40. The summed E-state index contributed by atoms with van der Waals surface area (Å²) in [7, 11) is 0. The van der Waals surface area contributed by atoms with Crippen LogP contribution < -0.4 is 4.74 Å². The van der Waals surface area contributed by atoms with Gasteiger partial charge in [-0.15, -0.1) is 0 Å². The van der Waals surface area contributed by atoms with Gasteiger partial charge >= 0.3 is 5.97 Å². The molecule has 1 saturated heterocycles. The monoisotopic (exact) mass is 594 g/mol. The lowest BCUT2D eigenvalue weighted by atomic mass is 10.0. The van der Waals surface area contributed by atoms with E-state index >= 15 is 0 Å². The number of carbonyl (C=O) groups excluding carboxylic acids is 1. The summed E-state index contributed by atoms with van der Waals surface area (Å²) < 4.78 is 8.32. The highest BCUT2D eigenvalue weighted by atomic mass is 32.2. The number of thiocarbonyl (C=S) groups is 1. The molecule has 2 N–H and O–H groups in total. The van der Waals surface area contributed by atoms with Gasteiger partial charge in [0.05, 0.1) is 21.8 Å². The maximum atomic E-state index is 13.8. The first-order valence-electron chi connectivity index (χ1n) is 13.2. The second-order valence-electron chi connectivity index (χ2n) is 9.89. The van der Waals surface area contributed by atoms with Crippen molar-refractivity contribution in [3.63, 3.8) is 0 Å². The molecule has 1 amide bonds. The van der Waals surface area contributed by atoms with Crippen LogP contribution in [-0.4, -0.2) is 47.0 Å². The van der Waals surface area contributed by atoms with Crippen molar-refractivity contribution in [1.82, 2.24) is 19.7 Å². The molecule has 0 spiro atoms. The first kappa shape index (κ1) is 27.5. The molecule has 2 aromatic heterocycles. The second-order valence-corrected chi connectivity index (χ2v) is 11.6. The van der Waals surface area contributed by atoms with Gasteiger partial charge in [0.15, 0.2) is 0 Å². The third-order valence-electron chi connectivity index (χ3n) is 7.15. The van der Waals surface area contributed by atoms with Crippen molar-refractivity contribution >= 4 is 57.2 Å². The number of H-pyrrole nitrogens is 1. The highest BCUT2D eigenvalue weighted by Crippen LogP contribution is 2.39. The fourth-order valence-corrected chi connectivity index (χ4v) is 6.32. The number of aromatic amines is 1. The summed E-state index contributed by atoms with van der Waals surface area (Å²) in [5.41, 5.74) is 4.67. The molecule has 1 aliphatic heterocycles. The van der Waals surface area contributed by atoms with Crippen LogP contribution in [0.5, 0.6) is 11.6 Å². The predicted octanol–water partition coefficient (Wildman–Crippen LogP) is 6.66. The molecule has 0 unspecified atom stereocenters. The fraction of sp³-hybridized carbons (Fsp3) is 0.125. The zero-order valence-electron chi connectivity index (χ0n) is 22.8. The van der Waals surface area contributed by atoms with E-state index in [1.807, 2.05) is 92.7 Å². The Hall–Kier alpha value is -4.67. The summed E-state index contributed by atoms with van der Waals surface area (Å²) in [4.78, 5) is 30.9. The lowest BCUT2D eigenvalue weighted by molar-refractivity contribution is -0.145. The molecule has 8 nitrogen and oxygen atoms in total. The number of carbonyl (C=O) groups is 2. The average molecular weight is 595 g/mol. The lowest BCUT2D eigenvalue weighted by Crippen LogP contribution is -2.45. The van der Waals surface area contributed by atoms with Crippen LogP contribution in [0.25, 0.3) is 22.7 Å². The van der Waals surface area contributed by atoms with E-state index in [1.54, 1.807) is 17.0 Å². The molecule has 1 atom stereocenters. The van der Waals surface area contributed by atoms with E-state index in [-0.39, 0.29) is 10.7 Å². The van der Waals surface area contributed by atoms with Crippen LogP contribution in [0.3, 0.4) is 0 Å². The molecule has 3 heterocycles. The van der Waals surface area contributed by atoms with Crippen molar-refractivity contribution in [1.29, 1.82) is 0 Å². The van der Waals surface area contributed by atoms with Gasteiger partial charge in [-0.05, 0) is 55.3 Å². The van der Waals surface area contributed by atoms with E-state index in [0.717, 1.165) is 39.5 Å². The highest BCUT2D eigenvalue weighted by Gasteiger charge is 2.41. The van der Waals surface area contributed by atoms with Gasteiger partial charge in [0.1, 0.15) is 16.1 Å². The fourth-order valence-electron chi connectivity index (χ4n) is 4.98. The van der Waals surface area contributed by atoms with Crippen LogP contribution in [0, 0.1) is 13.8 Å². The van der Waals surface area contributed by atoms with E-state index in [2.05, 4.69) is 4.98 Å². The largest absolute Gasteiger partial charge is 0.480 e. The molecular weight excluding hydrogens is 569 g/mol. The summed E-state index contributed by atoms with van der Waals surface area (Å²) in [6, 6.07) is 23.7. The minimum Gasteiger partial charge on any atom is -0.480 e. The van der Waals surface area contributed by atoms with Crippen LogP contribution in [0.4, 0.5) is 0 Å². The van der Waals surface area contributed by atoms with Gasteiger partial charge in [0, 0.05) is 23.5 Å². The summed E-state index contributed by atoms with van der Waals surface area (Å²) in [6.45, 7) is 3.80. The number of ether oxygens (including phenoxy) is 1. The third kappa shape index (κ3) is 5.10. The molecule has 42 heavy (non-hydrogen) atoms. The summed E-state index contributed by atoms with van der Waals surface area (Å²) in [6.07, 6.45) is 3.58. The number of rotatable bonds is 8. The molecular formula is C32H26N4O4S2. The molecule has 10 heteroatoms. The topological polar surface area (TPSA) is 100 Å². The minimum absolute atomic E-state index is 0.103. The summed E-state index contributed by atoms with van der Waals surface area (Å²) >= 11 is 6.65. The third-order valence-corrected chi connectivity index (χ3v) is 8.48. The molecule has 210 valence electrons. The summed E-state index contributed by atoms with van der Waals surface area (Å²) in [5, 5.41) is 15.8. The van der Waals surface area contributed by atoms with Crippen LogP contribution in [0.1, 0.15) is 22.4 Å². The Morgan fingerprint density at radius 2 is 1.79 bits per heavy atom. The number of aliphatic carboxylic acids is 1. The lowest BCUT2D eigenvalue weighted by Gasteiger charge is -2.23. The van der Waals surface area contributed by atoms with Crippen LogP contribution >= 0.6 is 24.0 Å². The SMILES string of the molecule is Cc1ccccc1Oc1c(/C=C2\SC(=S)N([C@@H](Cc3c[nH]c4ccccc34)C(=O)O)C2=O)c(C)nn1-c1ccccc1. The molecule has 1 aliphatic rings. The summed E-state index contributed by atoms with van der Waals surface area (Å²) in [5.74, 6) is -0.506. The predicted molar refractivity (Wildman–Crippen MR) is 168 cm³/mol. The zero-order valence-corrected chi connectivity index (χ0v) is 24.4. The van der Waals surface area contributed by atoms with Crippen molar-refractivity contribution in [2.24, 2.45) is 0 Å². The number of carboxylic acid groups (broad SMARTS) is 1. The zero-order chi connectivity index (χ0) is 29.4. The van der Waals surface area contributed by atoms with E-state index in [4.69, 9.17) is 22.1 Å². The minimum atomic E-state index is -1.17. The highest BCUT2D eigenvalue weighted by molar-refractivity contribution is 8.26. The molecule has 0 aliphatic carbocycles. The number of aryl methyl sites for hydroxylation is 2. The smallest absolute Gasteiger partial charge is 0.327 e. The van der Waals surface area contributed by atoms with E-state index in [9.17, 15) is 14.7 Å². The van der Waals surface area contributed by atoms with E-state index < -0.39 is 17.9 Å². The molecule has 1 fully saturated rings. The Bertz CT molecular complexity index is 1880. The number of benzene rings is 3. The van der Waals surface area contributed by atoms with Gasteiger partial charge in [-0.1, -0.05) is 78.6 Å². The van der Waals surface area contributed by atoms with Gasteiger partial charge in [-0.3, -0.25) is 9.69 Å². The number of carboxylic acids is 1. The molecule has 3 aromatic carbocycles. The number of hydrogen-bond donors (Lipinski definition) is 2. The molecule has 0 radical (unpaired) electrons.